The van der Waals surface area contributed by atoms with E-state index in [0.29, 0.717) is 13.1 Å². The first kappa shape index (κ1) is 19.7. The number of rotatable bonds is 6. The largest absolute Gasteiger partial charge is 0.344 e. The van der Waals surface area contributed by atoms with E-state index >= 15 is 0 Å². The van der Waals surface area contributed by atoms with E-state index in [-0.39, 0.29) is 11.8 Å². The Morgan fingerprint density at radius 1 is 0.885 bits per heavy atom. The van der Waals surface area contributed by atoms with Gasteiger partial charge in [0.25, 0.3) is 0 Å². The predicted molar refractivity (Wildman–Crippen MR) is 104 cm³/mol. The Kier molecular flexibility index (Phi) is 6.56. The molecule has 0 saturated heterocycles. The van der Waals surface area contributed by atoms with Crippen LogP contribution in [0.3, 0.4) is 0 Å². The van der Waals surface area contributed by atoms with E-state index in [1.807, 2.05) is 81.4 Å². The number of carbonyl (C=O) groups excluding carboxylic acids is 2. The van der Waals surface area contributed by atoms with Gasteiger partial charge in [0.1, 0.15) is 6.04 Å². The summed E-state index contributed by atoms with van der Waals surface area (Å²) in [7, 11) is 0. The molecule has 138 valence electrons. The Morgan fingerprint density at radius 3 is 1.69 bits per heavy atom. The third-order valence-corrected chi connectivity index (χ3v) is 4.14. The van der Waals surface area contributed by atoms with Gasteiger partial charge in [-0.05, 0) is 18.1 Å². The molecule has 0 radical (unpaired) electrons. The number of amides is 2. The molecular formula is C22H28N2O2. The average Bonchev–Trinajstić information content (AvgIpc) is 2.61. The van der Waals surface area contributed by atoms with Crippen molar-refractivity contribution in [2.75, 3.05) is 0 Å². The minimum atomic E-state index is -0.575. The van der Waals surface area contributed by atoms with Gasteiger partial charge in [0.2, 0.25) is 11.8 Å². The van der Waals surface area contributed by atoms with E-state index < -0.39 is 11.5 Å². The molecule has 4 nitrogen and oxygen atoms in total. The van der Waals surface area contributed by atoms with Crippen molar-refractivity contribution in [2.45, 2.75) is 46.8 Å². The molecule has 0 aromatic heterocycles. The van der Waals surface area contributed by atoms with Crippen molar-refractivity contribution in [3.8, 4) is 0 Å². The molecule has 0 aliphatic rings. The zero-order valence-corrected chi connectivity index (χ0v) is 16.0. The summed E-state index contributed by atoms with van der Waals surface area (Å²) >= 11 is 0. The van der Waals surface area contributed by atoms with Crippen LogP contribution in [0.15, 0.2) is 60.7 Å². The Labute approximate surface area is 156 Å². The van der Waals surface area contributed by atoms with E-state index in [1.165, 1.54) is 0 Å². The van der Waals surface area contributed by atoms with Gasteiger partial charge in [-0.25, -0.2) is 0 Å². The number of carbonyl (C=O) groups is 2. The van der Waals surface area contributed by atoms with Crippen LogP contribution in [-0.4, -0.2) is 22.8 Å². The van der Waals surface area contributed by atoms with Crippen LogP contribution in [0.2, 0.25) is 0 Å². The lowest BCUT2D eigenvalue weighted by Crippen LogP contribution is -2.49. The zero-order chi connectivity index (χ0) is 19.2. The van der Waals surface area contributed by atoms with E-state index in [0.717, 1.165) is 11.1 Å². The fraction of sp³-hybridized carbons (Fsp3) is 0.364. The highest BCUT2D eigenvalue weighted by Gasteiger charge is 2.27. The summed E-state index contributed by atoms with van der Waals surface area (Å²) in [6, 6.07) is 19.2. The number of nitrogens with one attached hydrogen (secondary N) is 1. The molecule has 0 bridgehead atoms. The predicted octanol–water partition coefficient (Wildman–Crippen LogP) is 3.77. The Hall–Kier alpha value is -2.62. The van der Waals surface area contributed by atoms with Crippen molar-refractivity contribution in [2.24, 2.45) is 5.41 Å². The van der Waals surface area contributed by atoms with Gasteiger partial charge in [-0.15, -0.1) is 0 Å². The quantitative estimate of drug-likeness (QED) is 0.860. The molecule has 1 atom stereocenters. The van der Waals surface area contributed by atoms with Gasteiger partial charge in [-0.3, -0.25) is 9.59 Å². The molecule has 1 unspecified atom stereocenters. The van der Waals surface area contributed by atoms with Gasteiger partial charge in [0.05, 0.1) is 0 Å². The number of hydrogen-bond acceptors (Lipinski definition) is 2. The topological polar surface area (TPSA) is 49.4 Å². The lowest BCUT2D eigenvalue weighted by molar-refractivity contribution is -0.139. The smallest absolute Gasteiger partial charge is 0.245 e. The van der Waals surface area contributed by atoms with Crippen LogP contribution in [-0.2, 0) is 22.7 Å². The maximum atomic E-state index is 13.0. The number of hydrogen-bond donors (Lipinski definition) is 1. The van der Waals surface area contributed by atoms with Crippen LogP contribution in [0.5, 0.6) is 0 Å². The molecule has 0 aliphatic heterocycles. The van der Waals surface area contributed by atoms with Crippen LogP contribution in [0.1, 0.15) is 38.8 Å². The summed E-state index contributed by atoms with van der Waals surface area (Å²) in [4.78, 5) is 27.1. The third kappa shape index (κ3) is 5.73. The van der Waals surface area contributed by atoms with Gasteiger partial charge >= 0.3 is 0 Å². The summed E-state index contributed by atoms with van der Waals surface area (Å²) in [5.74, 6) is -0.215. The zero-order valence-electron chi connectivity index (χ0n) is 16.0. The summed E-state index contributed by atoms with van der Waals surface area (Å²) in [6.07, 6.45) is 0. The van der Waals surface area contributed by atoms with Crippen molar-refractivity contribution in [1.29, 1.82) is 0 Å². The highest BCUT2D eigenvalue weighted by Crippen LogP contribution is 2.15. The average molecular weight is 352 g/mol. The molecule has 0 aliphatic carbocycles. The second-order valence-electron chi connectivity index (χ2n) is 7.61. The summed E-state index contributed by atoms with van der Waals surface area (Å²) in [6.45, 7) is 8.27. The Morgan fingerprint density at radius 2 is 1.31 bits per heavy atom. The maximum absolute atomic E-state index is 13.0. The number of nitrogens with zero attached hydrogens (tertiary/aromatic N) is 1. The molecule has 26 heavy (non-hydrogen) atoms. The van der Waals surface area contributed by atoms with Crippen LogP contribution < -0.4 is 5.32 Å². The molecule has 1 N–H and O–H groups in total. The third-order valence-electron chi connectivity index (χ3n) is 4.14. The van der Waals surface area contributed by atoms with Gasteiger partial charge in [-0.1, -0.05) is 81.4 Å². The standard InChI is InChI=1S/C22H28N2O2/c1-17(23-21(26)22(2,3)4)20(25)24(15-18-11-7-5-8-12-18)16-19-13-9-6-10-14-19/h5-14,17H,15-16H2,1-4H3,(H,23,26). The lowest BCUT2D eigenvalue weighted by Gasteiger charge is -2.28. The monoisotopic (exact) mass is 352 g/mol. The normalized spacial score (nSPS) is 12.3. The minimum Gasteiger partial charge on any atom is -0.344 e. The molecule has 0 fully saturated rings. The minimum absolute atomic E-state index is 0.0877. The number of benzene rings is 2. The van der Waals surface area contributed by atoms with Crippen LogP contribution in [0.4, 0.5) is 0 Å². The fourth-order valence-corrected chi connectivity index (χ4v) is 2.57. The Bertz CT molecular complexity index is 679. The lowest BCUT2D eigenvalue weighted by atomic mass is 9.95. The second kappa shape index (κ2) is 8.65. The van der Waals surface area contributed by atoms with Gasteiger partial charge in [0, 0.05) is 18.5 Å². The van der Waals surface area contributed by atoms with E-state index in [1.54, 1.807) is 11.8 Å². The summed E-state index contributed by atoms with van der Waals surface area (Å²) in [5.41, 5.74) is 1.59. The van der Waals surface area contributed by atoms with Crippen molar-refractivity contribution in [3.63, 3.8) is 0 Å². The molecule has 4 heteroatoms. The van der Waals surface area contributed by atoms with Gasteiger partial charge < -0.3 is 10.2 Å². The van der Waals surface area contributed by atoms with Crippen LogP contribution >= 0.6 is 0 Å². The van der Waals surface area contributed by atoms with E-state index in [4.69, 9.17) is 0 Å². The molecule has 2 amide bonds. The highest BCUT2D eigenvalue weighted by atomic mass is 16.2. The molecule has 0 saturated carbocycles. The van der Waals surface area contributed by atoms with Crippen molar-refractivity contribution in [3.05, 3.63) is 71.8 Å². The van der Waals surface area contributed by atoms with E-state index in [2.05, 4.69) is 5.32 Å². The van der Waals surface area contributed by atoms with Crippen molar-refractivity contribution in [1.82, 2.24) is 10.2 Å². The molecule has 2 rings (SSSR count). The molecule has 2 aromatic carbocycles. The van der Waals surface area contributed by atoms with Gasteiger partial charge in [-0.2, -0.15) is 0 Å². The first-order valence-electron chi connectivity index (χ1n) is 8.95. The van der Waals surface area contributed by atoms with Crippen LogP contribution in [0.25, 0.3) is 0 Å². The second-order valence-corrected chi connectivity index (χ2v) is 7.61. The Balaban J connectivity index is 2.16. The molecule has 2 aromatic rings. The van der Waals surface area contributed by atoms with Gasteiger partial charge in [0.15, 0.2) is 0 Å². The van der Waals surface area contributed by atoms with Crippen molar-refractivity contribution >= 4 is 11.8 Å². The maximum Gasteiger partial charge on any atom is 0.245 e. The molecular weight excluding hydrogens is 324 g/mol. The van der Waals surface area contributed by atoms with E-state index in [9.17, 15) is 9.59 Å². The SMILES string of the molecule is CC(NC(=O)C(C)(C)C)C(=O)N(Cc1ccccc1)Cc1ccccc1. The fourth-order valence-electron chi connectivity index (χ4n) is 2.57. The summed E-state index contributed by atoms with van der Waals surface area (Å²) in [5, 5.41) is 2.84. The molecule has 0 heterocycles. The molecule has 0 spiro atoms. The van der Waals surface area contributed by atoms with Crippen molar-refractivity contribution < 1.29 is 9.59 Å². The van der Waals surface area contributed by atoms with Crippen LogP contribution in [0, 0.1) is 5.41 Å². The summed E-state index contributed by atoms with van der Waals surface area (Å²) < 4.78 is 0. The first-order chi connectivity index (χ1) is 12.3. The highest BCUT2D eigenvalue weighted by molar-refractivity contribution is 5.89. The first-order valence-corrected chi connectivity index (χ1v) is 8.95.